The number of hydrogen-bond donors (Lipinski definition) is 5. The van der Waals surface area contributed by atoms with Crippen molar-refractivity contribution in [3.8, 4) is 5.75 Å². The summed E-state index contributed by atoms with van der Waals surface area (Å²) in [4.78, 5) is 42.0. The van der Waals surface area contributed by atoms with Crippen LogP contribution in [-0.4, -0.2) is 49.6 Å². The molecule has 1 aromatic carbocycles. The lowest BCUT2D eigenvalue weighted by Crippen LogP contribution is -2.53. The van der Waals surface area contributed by atoms with Crippen molar-refractivity contribution < 1.29 is 34.0 Å². The van der Waals surface area contributed by atoms with Gasteiger partial charge in [0.2, 0.25) is 5.75 Å². The van der Waals surface area contributed by atoms with Gasteiger partial charge in [0.15, 0.2) is 5.69 Å². The third kappa shape index (κ3) is 4.82. The number of ether oxygens (including phenoxy) is 1. The number of H-pyrrole nitrogens is 1. The molecule has 0 saturated heterocycles. The van der Waals surface area contributed by atoms with Crippen molar-refractivity contribution in [1.82, 2.24) is 15.3 Å². The maximum Gasteiger partial charge on any atom is 0.408 e. The lowest BCUT2D eigenvalue weighted by Gasteiger charge is -2.41. The Morgan fingerprint density at radius 2 is 1.84 bits per heavy atom. The highest BCUT2D eigenvalue weighted by molar-refractivity contribution is 5.88. The SMILES string of the molecule is O=C(NC1(c2nc(C(=O)O)c(O)c(=O)[nH]2)CCC(F)(CO)CC1)OCc1ccccc1. The van der Waals surface area contributed by atoms with Gasteiger partial charge in [-0.25, -0.2) is 19.0 Å². The van der Waals surface area contributed by atoms with Gasteiger partial charge in [-0.05, 0) is 31.2 Å². The fraction of sp³-hybridized carbons (Fsp3) is 0.400. The van der Waals surface area contributed by atoms with Crippen molar-refractivity contribution >= 4 is 12.1 Å². The van der Waals surface area contributed by atoms with Crippen LogP contribution >= 0.6 is 0 Å². The van der Waals surface area contributed by atoms with Crippen LogP contribution in [0.2, 0.25) is 0 Å². The number of aromatic nitrogens is 2. The fourth-order valence-corrected chi connectivity index (χ4v) is 3.50. The predicted octanol–water partition coefficient (Wildman–Crippen LogP) is 1.57. The molecule has 166 valence electrons. The van der Waals surface area contributed by atoms with E-state index in [-0.39, 0.29) is 38.1 Å². The number of halogens is 1. The molecule has 0 unspecified atom stereocenters. The zero-order valence-electron chi connectivity index (χ0n) is 16.4. The summed E-state index contributed by atoms with van der Waals surface area (Å²) in [6, 6.07) is 8.85. The number of carboxylic acid groups (broad SMARTS) is 1. The van der Waals surface area contributed by atoms with Gasteiger partial charge in [-0.15, -0.1) is 0 Å². The minimum absolute atomic E-state index is 0.0493. The van der Waals surface area contributed by atoms with Gasteiger partial charge < -0.3 is 30.4 Å². The number of benzene rings is 1. The van der Waals surface area contributed by atoms with E-state index in [4.69, 9.17) is 4.74 Å². The highest BCUT2D eigenvalue weighted by Gasteiger charge is 2.47. The van der Waals surface area contributed by atoms with Crippen LogP contribution in [0.4, 0.5) is 9.18 Å². The number of aliphatic hydroxyl groups excluding tert-OH is 1. The quantitative estimate of drug-likeness (QED) is 0.457. The van der Waals surface area contributed by atoms with Crippen LogP contribution in [0.25, 0.3) is 0 Å². The van der Waals surface area contributed by atoms with E-state index in [0.717, 1.165) is 5.56 Å². The van der Waals surface area contributed by atoms with Crippen LogP contribution in [0.15, 0.2) is 35.1 Å². The molecular formula is C20H22FN3O7. The summed E-state index contributed by atoms with van der Waals surface area (Å²) in [6.45, 7) is -0.770. The number of aliphatic hydroxyl groups is 1. The highest BCUT2D eigenvalue weighted by atomic mass is 19.1. The van der Waals surface area contributed by atoms with Crippen molar-refractivity contribution in [3.05, 3.63) is 57.8 Å². The molecule has 0 bridgehead atoms. The lowest BCUT2D eigenvalue weighted by atomic mass is 9.74. The number of aromatic hydroxyl groups is 1. The second kappa shape index (κ2) is 8.72. The van der Waals surface area contributed by atoms with Crippen molar-refractivity contribution in [3.63, 3.8) is 0 Å². The number of alkyl halides is 1. The molecule has 1 amide bonds. The van der Waals surface area contributed by atoms with Gasteiger partial charge in [-0.3, -0.25) is 4.79 Å². The summed E-state index contributed by atoms with van der Waals surface area (Å²) >= 11 is 0. The van der Waals surface area contributed by atoms with Crippen LogP contribution in [0.5, 0.6) is 5.75 Å². The van der Waals surface area contributed by atoms with Gasteiger partial charge in [0.05, 0.1) is 6.61 Å². The first-order chi connectivity index (χ1) is 14.7. The molecule has 0 spiro atoms. The van der Waals surface area contributed by atoms with Gasteiger partial charge in [-0.2, -0.15) is 0 Å². The van der Waals surface area contributed by atoms with Gasteiger partial charge in [0, 0.05) is 0 Å². The average Bonchev–Trinajstić information content (AvgIpc) is 2.76. The normalized spacial score (nSPS) is 23.2. The number of rotatable bonds is 6. The molecule has 1 fully saturated rings. The van der Waals surface area contributed by atoms with E-state index in [1.807, 2.05) is 0 Å². The molecule has 1 aliphatic carbocycles. The number of carbonyl (C=O) groups excluding carboxylic acids is 1. The minimum Gasteiger partial charge on any atom is -0.501 e. The number of alkyl carbamates (subject to hydrolysis) is 1. The van der Waals surface area contributed by atoms with E-state index < -0.39 is 46.9 Å². The van der Waals surface area contributed by atoms with Crippen LogP contribution < -0.4 is 10.9 Å². The number of aromatic amines is 1. The summed E-state index contributed by atoms with van der Waals surface area (Å²) in [6.07, 6.45) is -1.45. The van der Waals surface area contributed by atoms with Crippen LogP contribution in [0.1, 0.15) is 47.6 Å². The van der Waals surface area contributed by atoms with Crippen LogP contribution in [-0.2, 0) is 16.9 Å². The molecule has 0 aliphatic heterocycles. The zero-order valence-corrected chi connectivity index (χ0v) is 16.4. The third-order valence-electron chi connectivity index (χ3n) is 5.39. The molecule has 3 rings (SSSR count). The Labute approximate surface area is 175 Å². The predicted molar refractivity (Wildman–Crippen MR) is 104 cm³/mol. The van der Waals surface area contributed by atoms with Crippen molar-refractivity contribution in [2.75, 3.05) is 6.61 Å². The lowest BCUT2D eigenvalue weighted by molar-refractivity contribution is 0.00460. The van der Waals surface area contributed by atoms with E-state index >= 15 is 0 Å². The maximum atomic E-state index is 14.6. The van der Waals surface area contributed by atoms with E-state index in [9.17, 15) is 34.1 Å². The molecule has 0 atom stereocenters. The summed E-state index contributed by atoms with van der Waals surface area (Å²) in [5.41, 5.74) is -4.62. The van der Waals surface area contributed by atoms with E-state index in [0.29, 0.717) is 0 Å². The smallest absolute Gasteiger partial charge is 0.408 e. The summed E-state index contributed by atoms with van der Waals surface area (Å²) in [5, 5.41) is 30.8. The fourth-order valence-electron chi connectivity index (χ4n) is 3.50. The largest absolute Gasteiger partial charge is 0.501 e. The number of amides is 1. The average molecular weight is 435 g/mol. The summed E-state index contributed by atoms with van der Waals surface area (Å²) in [7, 11) is 0. The highest BCUT2D eigenvalue weighted by Crippen LogP contribution is 2.42. The number of carbonyl (C=O) groups is 2. The molecule has 1 saturated carbocycles. The Bertz CT molecular complexity index is 1020. The summed E-state index contributed by atoms with van der Waals surface area (Å²) < 4.78 is 19.8. The second-order valence-electron chi connectivity index (χ2n) is 7.49. The zero-order chi connectivity index (χ0) is 22.6. The molecule has 2 aromatic rings. The van der Waals surface area contributed by atoms with Crippen molar-refractivity contribution in [2.45, 2.75) is 43.5 Å². The van der Waals surface area contributed by atoms with Gasteiger partial charge in [0.25, 0.3) is 5.56 Å². The Hall–Kier alpha value is -3.47. The minimum atomic E-state index is -1.88. The maximum absolute atomic E-state index is 14.6. The molecule has 0 radical (unpaired) electrons. The Morgan fingerprint density at radius 1 is 1.19 bits per heavy atom. The van der Waals surface area contributed by atoms with Crippen molar-refractivity contribution in [1.29, 1.82) is 0 Å². The number of nitrogens with one attached hydrogen (secondary N) is 2. The second-order valence-corrected chi connectivity index (χ2v) is 7.49. The molecular weight excluding hydrogens is 413 g/mol. The number of nitrogens with zero attached hydrogens (tertiary/aromatic N) is 1. The molecule has 31 heavy (non-hydrogen) atoms. The van der Waals surface area contributed by atoms with Crippen LogP contribution in [0.3, 0.4) is 0 Å². The molecule has 5 N–H and O–H groups in total. The number of hydrogen-bond acceptors (Lipinski definition) is 7. The molecule has 1 heterocycles. The van der Waals surface area contributed by atoms with E-state index in [1.165, 1.54) is 0 Å². The van der Waals surface area contributed by atoms with Gasteiger partial charge in [-0.1, -0.05) is 30.3 Å². The molecule has 11 heteroatoms. The molecule has 1 aliphatic rings. The number of carboxylic acids is 1. The first-order valence-electron chi connectivity index (χ1n) is 9.54. The topological polar surface area (TPSA) is 162 Å². The Balaban J connectivity index is 1.90. The Kier molecular flexibility index (Phi) is 6.25. The van der Waals surface area contributed by atoms with Gasteiger partial charge in [0.1, 0.15) is 23.6 Å². The Morgan fingerprint density at radius 3 is 2.42 bits per heavy atom. The van der Waals surface area contributed by atoms with Crippen molar-refractivity contribution in [2.24, 2.45) is 0 Å². The van der Waals surface area contributed by atoms with E-state index in [2.05, 4.69) is 15.3 Å². The van der Waals surface area contributed by atoms with Crippen LogP contribution in [0, 0.1) is 0 Å². The summed E-state index contributed by atoms with van der Waals surface area (Å²) in [5.74, 6) is -2.97. The molecule has 1 aromatic heterocycles. The van der Waals surface area contributed by atoms with Gasteiger partial charge >= 0.3 is 12.1 Å². The first kappa shape index (κ1) is 22.2. The first-order valence-corrected chi connectivity index (χ1v) is 9.54. The number of aromatic carboxylic acids is 1. The standard InChI is InChI=1S/C20H22FN3O7/c21-19(11-25)6-8-20(9-7-19,17-22-13(16(28)29)14(26)15(27)23-17)24-18(30)31-10-12-4-2-1-3-5-12/h1-5,25-26H,6-11H2,(H,24,30)(H,28,29)(H,22,23,27). The monoisotopic (exact) mass is 435 g/mol. The van der Waals surface area contributed by atoms with E-state index in [1.54, 1.807) is 30.3 Å². The third-order valence-corrected chi connectivity index (χ3v) is 5.39. The molecule has 10 nitrogen and oxygen atoms in total.